The van der Waals surface area contributed by atoms with E-state index in [1.165, 1.54) is 0 Å². The Morgan fingerprint density at radius 1 is 1.43 bits per heavy atom. The van der Waals surface area contributed by atoms with Gasteiger partial charge in [0.05, 0.1) is 13.7 Å². The van der Waals surface area contributed by atoms with Crippen LogP contribution in [-0.2, 0) is 9.53 Å². The number of carbonyl (C=O) groups is 1. The minimum Gasteiger partial charge on any atom is -0.497 e. The first-order valence-electron chi connectivity index (χ1n) is 7.44. The zero-order valence-electron chi connectivity index (χ0n) is 12.7. The number of methoxy groups -OCH3 is 1. The van der Waals surface area contributed by atoms with Crippen molar-refractivity contribution in [1.82, 2.24) is 5.32 Å². The zero-order valence-corrected chi connectivity index (χ0v) is 12.7. The van der Waals surface area contributed by atoms with Crippen LogP contribution >= 0.6 is 0 Å². The minimum absolute atomic E-state index is 0.0397. The third-order valence-electron chi connectivity index (χ3n) is 3.91. The molecule has 1 saturated heterocycles. The summed E-state index contributed by atoms with van der Waals surface area (Å²) >= 11 is 0. The van der Waals surface area contributed by atoms with Gasteiger partial charge in [-0.1, -0.05) is 6.07 Å². The number of rotatable bonds is 6. The number of carbonyl (C=O) groups excluding carboxylic acids is 1. The summed E-state index contributed by atoms with van der Waals surface area (Å²) in [5, 5.41) is 6.17. The first-order chi connectivity index (χ1) is 10.2. The maximum absolute atomic E-state index is 12.0. The Bertz CT molecular complexity index is 459. The van der Waals surface area contributed by atoms with Gasteiger partial charge in [0.25, 0.3) is 0 Å². The summed E-state index contributed by atoms with van der Waals surface area (Å²) in [6.45, 7) is 4.10. The molecule has 1 fully saturated rings. The largest absolute Gasteiger partial charge is 0.497 e. The third kappa shape index (κ3) is 5.02. The normalized spacial score (nSPS) is 17.2. The molecule has 2 rings (SSSR count). The standard InChI is InChI=1S/C16H24N2O3/c1-12(13-6-8-21-9-7-13)17-11-16(19)18-14-4-3-5-15(10-14)20-2/h3-5,10,12-13,17H,6-9,11H2,1-2H3,(H,18,19). The number of amides is 1. The SMILES string of the molecule is COc1cccc(NC(=O)CNC(C)C2CCOCC2)c1. The van der Waals surface area contributed by atoms with Crippen molar-refractivity contribution in [2.45, 2.75) is 25.8 Å². The summed E-state index contributed by atoms with van der Waals surface area (Å²) in [6.07, 6.45) is 2.12. The number of nitrogens with one attached hydrogen (secondary N) is 2. The average molecular weight is 292 g/mol. The lowest BCUT2D eigenvalue weighted by molar-refractivity contribution is -0.115. The van der Waals surface area contributed by atoms with Crippen LogP contribution in [0.3, 0.4) is 0 Å². The Hall–Kier alpha value is -1.59. The summed E-state index contributed by atoms with van der Waals surface area (Å²) < 4.78 is 10.5. The smallest absolute Gasteiger partial charge is 0.238 e. The van der Waals surface area contributed by atoms with Gasteiger partial charge in [0.15, 0.2) is 0 Å². The van der Waals surface area contributed by atoms with Crippen LogP contribution in [0.25, 0.3) is 0 Å². The van der Waals surface area contributed by atoms with Gasteiger partial charge in [-0.25, -0.2) is 0 Å². The summed E-state index contributed by atoms with van der Waals surface area (Å²) in [5.41, 5.74) is 0.750. The highest BCUT2D eigenvalue weighted by molar-refractivity contribution is 5.92. The van der Waals surface area contributed by atoms with E-state index >= 15 is 0 Å². The van der Waals surface area contributed by atoms with Crippen LogP contribution in [0.5, 0.6) is 5.75 Å². The second-order valence-electron chi connectivity index (χ2n) is 5.40. The lowest BCUT2D eigenvalue weighted by Crippen LogP contribution is -2.40. The van der Waals surface area contributed by atoms with Crippen molar-refractivity contribution in [2.75, 3.05) is 32.2 Å². The molecule has 0 saturated carbocycles. The number of ether oxygens (including phenoxy) is 2. The number of anilines is 1. The van der Waals surface area contributed by atoms with Crippen LogP contribution in [0.15, 0.2) is 24.3 Å². The molecule has 1 amide bonds. The van der Waals surface area contributed by atoms with E-state index < -0.39 is 0 Å². The molecule has 1 atom stereocenters. The highest BCUT2D eigenvalue weighted by atomic mass is 16.5. The van der Waals surface area contributed by atoms with E-state index in [2.05, 4.69) is 17.6 Å². The fraction of sp³-hybridized carbons (Fsp3) is 0.562. The Balaban J connectivity index is 1.76. The molecule has 1 aliphatic heterocycles. The van der Waals surface area contributed by atoms with Crippen LogP contribution in [0.2, 0.25) is 0 Å². The molecule has 5 heteroatoms. The number of benzene rings is 1. The van der Waals surface area contributed by atoms with Crippen molar-refractivity contribution < 1.29 is 14.3 Å². The Morgan fingerprint density at radius 2 is 2.19 bits per heavy atom. The van der Waals surface area contributed by atoms with Crippen molar-refractivity contribution in [3.8, 4) is 5.75 Å². The lowest BCUT2D eigenvalue weighted by atomic mass is 9.93. The van der Waals surface area contributed by atoms with E-state index in [4.69, 9.17) is 9.47 Å². The fourth-order valence-electron chi connectivity index (χ4n) is 2.54. The van der Waals surface area contributed by atoms with Crippen LogP contribution in [-0.4, -0.2) is 38.8 Å². The van der Waals surface area contributed by atoms with Gasteiger partial charge in [0, 0.05) is 31.0 Å². The molecule has 5 nitrogen and oxygen atoms in total. The molecular weight excluding hydrogens is 268 g/mol. The number of hydrogen-bond donors (Lipinski definition) is 2. The molecule has 1 unspecified atom stereocenters. The van der Waals surface area contributed by atoms with E-state index in [0.29, 0.717) is 18.5 Å². The minimum atomic E-state index is -0.0397. The van der Waals surface area contributed by atoms with E-state index in [1.807, 2.05) is 18.2 Å². The van der Waals surface area contributed by atoms with E-state index in [1.54, 1.807) is 13.2 Å². The molecular formula is C16H24N2O3. The van der Waals surface area contributed by atoms with E-state index in [0.717, 1.165) is 37.5 Å². The third-order valence-corrected chi connectivity index (χ3v) is 3.91. The van der Waals surface area contributed by atoms with Crippen molar-refractivity contribution in [3.63, 3.8) is 0 Å². The first-order valence-corrected chi connectivity index (χ1v) is 7.44. The predicted octanol–water partition coefficient (Wildman–Crippen LogP) is 2.04. The molecule has 1 aromatic rings. The van der Waals surface area contributed by atoms with Crippen molar-refractivity contribution in [1.29, 1.82) is 0 Å². The van der Waals surface area contributed by atoms with Crippen molar-refractivity contribution in [3.05, 3.63) is 24.3 Å². The maximum Gasteiger partial charge on any atom is 0.238 e. The first kappa shape index (κ1) is 15.8. The van der Waals surface area contributed by atoms with Crippen LogP contribution < -0.4 is 15.4 Å². The molecule has 2 N–H and O–H groups in total. The second kappa shape index (κ2) is 8.00. The Kier molecular flexibility index (Phi) is 6.02. The molecule has 1 aliphatic rings. The summed E-state index contributed by atoms with van der Waals surface area (Å²) in [6, 6.07) is 7.68. The van der Waals surface area contributed by atoms with Gasteiger partial charge in [-0.3, -0.25) is 4.79 Å². The number of hydrogen-bond acceptors (Lipinski definition) is 4. The van der Waals surface area contributed by atoms with Gasteiger partial charge >= 0.3 is 0 Å². The summed E-state index contributed by atoms with van der Waals surface area (Å²) in [7, 11) is 1.61. The highest BCUT2D eigenvalue weighted by Crippen LogP contribution is 2.19. The molecule has 0 bridgehead atoms. The van der Waals surface area contributed by atoms with Gasteiger partial charge in [-0.05, 0) is 37.8 Å². The monoisotopic (exact) mass is 292 g/mol. The molecule has 0 spiro atoms. The van der Waals surface area contributed by atoms with Crippen LogP contribution in [0.4, 0.5) is 5.69 Å². The molecule has 0 aliphatic carbocycles. The summed E-state index contributed by atoms with van der Waals surface area (Å²) in [5.74, 6) is 1.28. The lowest BCUT2D eigenvalue weighted by Gasteiger charge is -2.28. The Labute approximate surface area is 126 Å². The van der Waals surface area contributed by atoms with Crippen molar-refractivity contribution >= 4 is 11.6 Å². The second-order valence-corrected chi connectivity index (χ2v) is 5.40. The molecule has 116 valence electrons. The Morgan fingerprint density at radius 3 is 2.90 bits per heavy atom. The van der Waals surface area contributed by atoms with Gasteiger partial charge in [-0.15, -0.1) is 0 Å². The van der Waals surface area contributed by atoms with E-state index in [-0.39, 0.29) is 5.91 Å². The van der Waals surface area contributed by atoms with E-state index in [9.17, 15) is 4.79 Å². The molecule has 0 radical (unpaired) electrons. The van der Waals surface area contributed by atoms with Gasteiger partial charge in [-0.2, -0.15) is 0 Å². The van der Waals surface area contributed by atoms with Crippen molar-refractivity contribution in [2.24, 2.45) is 5.92 Å². The van der Waals surface area contributed by atoms with Gasteiger partial charge in [0.2, 0.25) is 5.91 Å². The highest BCUT2D eigenvalue weighted by Gasteiger charge is 2.20. The zero-order chi connectivity index (χ0) is 15.1. The topological polar surface area (TPSA) is 59.6 Å². The van der Waals surface area contributed by atoms with Gasteiger partial charge < -0.3 is 20.1 Å². The van der Waals surface area contributed by atoms with Gasteiger partial charge in [0.1, 0.15) is 5.75 Å². The molecule has 1 heterocycles. The average Bonchev–Trinajstić information content (AvgIpc) is 2.53. The predicted molar refractivity (Wildman–Crippen MR) is 82.6 cm³/mol. The molecule has 21 heavy (non-hydrogen) atoms. The molecule has 1 aromatic carbocycles. The molecule has 0 aromatic heterocycles. The fourth-order valence-corrected chi connectivity index (χ4v) is 2.54. The maximum atomic E-state index is 12.0. The summed E-state index contributed by atoms with van der Waals surface area (Å²) in [4.78, 5) is 12.0. The quantitative estimate of drug-likeness (QED) is 0.842. The van der Waals surface area contributed by atoms with Crippen LogP contribution in [0.1, 0.15) is 19.8 Å². The van der Waals surface area contributed by atoms with Crippen LogP contribution in [0, 0.1) is 5.92 Å².